The van der Waals surface area contributed by atoms with Gasteiger partial charge in [-0.15, -0.1) is 0 Å². The summed E-state index contributed by atoms with van der Waals surface area (Å²) < 4.78 is 1.71. The van der Waals surface area contributed by atoms with Crippen molar-refractivity contribution >= 4 is 29.5 Å². The highest BCUT2D eigenvalue weighted by molar-refractivity contribution is 6.12. The van der Waals surface area contributed by atoms with Gasteiger partial charge in [0.1, 0.15) is 11.9 Å². The molecule has 0 radical (unpaired) electrons. The molecule has 0 bridgehead atoms. The number of pyridine rings is 2. The Kier molecular flexibility index (Phi) is 7.37. The first-order valence-corrected chi connectivity index (χ1v) is 12.4. The number of imide groups is 1. The number of nitrogen functional groups attached to an aromatic ring is 1. The van der Waals surface area contributed by atoms with Crippen LogP contribution in [-0.4, -0.2) is 55.2 Å². The SMILES string of the molecule is CC[C@H](CC(=O)N1C(=O)[C@H](Cc2ccnc(N)c2)[C@H]1C(=O)N(C)c1nccn1C)c1ccc(C)nc1C. The summed E-state index contributed by atoms with van der Waals surface area (Å²) in [5, 5.41) is 0. The van der Waals surface area contributed by atoms with Crippen LogP contribution in [0.5, 0.6) is 0 Å². The molecule has 1 aliphatic rings. The fourth-order valence-electron chi connectivity index (χ4n) is 5.07. The molecule has 0 spiro atoms. The largest absolute Gasteiger partial charge is 0.384 e. The summed E-state index contributed by atoms with van der Waals surface area (Å²) in [6, 6.07) is 6.42. The van der Waals surface area contributed by atoms with Gasteiger partial charge in [0.25, 0.3) is 5.91 Å². The molecule has 0 saturated carbocycles. The summed E-state index contributed by atoms with van der Waals surface area (Å²) in [4.78, 5) is 55.9. The molecule has 10 nitrogen and oxygen atoms in total. The number of carbonyl (C=O) groups is 3. The Hall–Kier alpha value is -4.08. The molecule has 3 amide bonds. The average Bonchev–Trinajstić information content (AvgIpc) is 3.29. The number of aryl methyl sites for hydroxylation is 3. The van der Waals surface area contributed by atoms with Gasteiger partial charge in [-0.1, -0.05) is 13.0 Å². The predicted molar refractivity (Wildman–Crippen MR) is 139 cm³/mol. The molecule has 1 fully saturated rings. The van der Waals surface area contributed by atoms with E-state index < -0.39 is 12.0 Å². The van der Waals surface area contributed by atoms with Crippen LogP contribution >= 0.6 is 0 Å². The van der Waals surface area contributed by atoms with Crippen molar-refractivity contribution in [2.24, 2.45) is 13.0 Å². The van der Waals surface area contributed by atoms with Crippen LogP contribution < -0.4 is 10.6 Å². The van der Waals surface area contributed by atoms with E-state index in [4.69, 9.17) is 5.73 Å². The molecule has 0 aliphatic carbocycles. The van der Waals surface area contributed by atoms with Gasteiger partial charge < -0.3 is 10.3 Å². The molecule has 1 aliphatic heterocycles. The van der Waals surface area contributed by atoms with Gasteiger partial charge in [0.05, 0.1) is 5.92 Å². The van der Waals surface area contributed by atoms with Gasteiger partial charge in [-0.3, -0.25) is 29.2 Å². The minimum absolute atomic E-state index is 0.110. The Labute approximate surface area is 216 Å². The van der Waals surface area contributed by atoms with E-state index in [1.54, 1.807) is 49.4 Å². The fourth-order valence-corrected chi connectivity index (χ4v) is 5.07. The van der Waals surface area contributed by atoms with Gasteiger partial charge in [-0.2, -0.15) is 0 Å². The van der Waals surface area contributed by atoms with E-state index in [1.807, 2.05) is 32.9 Å². The number of likely N-dealkylation sites (N-methyl/N-ethyl adjacent to an activating group) is 1. The minimum atomic E-state index is -0.939. The van der Waals surface area contributed by atoms with Crippen LogP contribution in [-0.2, 0) is 27.9 Å². The maximum absolute atomic E-state index is 13.7. The number of hydrogen-bond donors (Lipinski definition) is 1. The summed E-state index contributed by atoms with van der Waals surface area (Å²) in [7, 11) is 3.38. The highest BCUT2D eigenvalue weighted by atomic mass is 16.2. The van der Waals surface area contributed by atoms with Crippen LogP contribution in [0.15, 0.2) is 42.9 Å². The lowest BCUT2D eigenvalue weighted by molar-refractivity contribution is -0.170. The summed E-state index contributed by atoms with van der Waals surface area (Å²) in [6.07, 6.45) is 5.98. The number of amides is 3. The van der Waals surface area contributed by atoms with Crippen LogP contribution in [0.3, 0.4) is 0 Å². The second-order valence-corrected chi connectivity index (χ2v) is 9.62. The first-order valence-electron chi connectivity index (χ1n) is 12.4. The average molecular weight is 504 g/mol. The predicted octanol–water partition coefficient (Wildman–Crippen LogP) is 2.55. The lowest BCUT2D eigenvalue weighted by atomic mass is 9.80. The summed E-state index contributed by atoms with van der Waals surface area (Å²) >= 11 is 0. The first-order chi connectivity index (χ1) is 17.6. The highest BCUT2D eigenvalue weighted by Gasteiger charge is 2.55. The van der Waals surface area contributed by atoms with Crippen molar-refractivity contribution in [3.05, 3.63) is 65.4 Å². The summed E-state index contributed by atoms with van der Waals surface area (Å²) in [5.41, 5.74) is 9.35. The number of imidazole rings is 1. The van der Waals surface area contributed by atoms with Crippen LogP contribution in [0.2, 0.25) is 0 Å². The number of nitrogens with two attached hydrogens (primary N) is 1. The van der Waals surface area contributed by atoms with E-state index >= 15 is 0 Å². The Bertz CT molecular complexity index is 1340. The Morgan fingerprint density at radius 1 is 1.16 bits per heavy atom. The molecule has 194 valence electrons. The van der Waals surface area contributed by atoms with Crippen LogP contribution in [0.4, 0.5) is 11.8 Å². The van der Waals surface area contributed by atoms with Crippen molar-refractivity contribution < 1.29 is 14.4 Å². The summed E-state index contributed by atoms with van der Waals surface area (Å²) in [5.74, 6) is -1.14. The zero-order valence-electron chi connectivity index (χ0n) is 21.9. The zero-order chi connectivity index (χ0) is 26.9. The number of hydrogen-bond acceptors (Lipinski definition) is 7. The van der Waals surface area contributed by atoms with Crippen LogP contribution in [0.25, 0.3) is 0 Å². The van der Waals surface area contributed by atoms with Gasteiger partial charge in [0.2, 0.25) is 17.8 Å². The number of nitrogens with zero attached hydrogens (tertiary/aromatic N) is 6. The maximum Gasteiger partial charge on any atom is 0.253 e. The molecule has 0 unspecified atom stereocenters. The number of anilines is 2. The van der Waals surface area contributed by atoms with Crippen molar-refractivity contribution in [1.29, 1.82) is 0 Å². The molecule has 37 heavy (non-hydrogen) atoms. The van der Waals surface area contributed by atoms with Gasteiger partial charge in [0, 0.05) is 50.5 Å². The number of aromatic nitrogens is 4. The molecule has 4 heterocycles. The minimum Gasteiger partial charge on any atom is -0.384 e. The third-order valence-electron chi connectivity index (χ3n) is 7.08. The van der Waals surface area contributed by atoms with E-state index in [-0.39, 0.29) is 36.5 Å². The van der Waals surface area contributed by atoms with Gasteiger partial charge in [-0.25, -0.2) is 9.97 Å². The van der Waals surface area contributed by atoms with Crippen molar-refractivity contribution in [2.45, 2.75) is 52.0 Å². The van der Waals surface area contributed by atoms with Crippen LogP contribution in [0.1, 0.15) is 48.2 Å². The van der Waals surface area contributed by atoms with Crippen LogP contribution in [0, 0.1) is 19.8 Å². The molecular weight excluding hydrogens is 470 g/mol. The molecule has 4 rings (SSSR count). The molecule has 0 aromatic carbocycles. The highest BCUT2D eigenvalue weighted by Crippen LogP contribution is 2.35. The first kappa shape index (κ1) is 26.0. The number of β-lactam (4-membered cyclic amide) rings is 1. The lowest BCUT2D eigenvalue weighted by Crippen LogP contribution is -2.69. The molecule has 3 aromatic heterocycles. The number of likely N-dealkylation sites (tertiary alicyclic amines) is 1. The second-order valence-electron chi connectivity index (χ2n) is 9.62. The number of rotatable bonds is 8. The molecule has 10 heteroatoms. The van der Waals surface area contributed by atoms with E-state index in [0.717, 1.165) is 27.4 Å². The Morgan fingerprint density at radius 2 is 1.92 bits per heavy atom. The summed E-state index contributed by atoms with van der Waals surface area (Å²) in [6.45, 7) is 5.85. The molecule has 2 N–H and O–H groups in total. The topological polar surface area (TPSA) is 127 Å². The Morgan fingerprint density at radius 3 is 2.54 bits per heavy atom. The van der Waals surface area contributed by atoms with E-state index in [9.17, 15) is 14.4 Å². The quantitative estimate of drug-likeness (QED) is 0.468. The monoisotopic (exact) mass is 503 g/mol. The normalized spacial score (nSPS) is 17.9. The van der Waals surface area contributed by atoms with Crippen molar-refractivity contribution in [3.8, 4) is 0 Å². The van der Waals surface area contributed by atoms with E-state index in [2.05, 4.69) is 15.0 Å². The van der Waals surface area contributed by atoms with Gasteiger partial charge in [0.15, 0.2) is 0 Å². The van der Waals surface area contributed by atoms with Crippen molar-refractivity contribution in [1.82, 2.24) is 24.4 Å². The third-order valence-corrected chi connectivity index (χ3v) is 7.08. The second kappa shape index (κ2) is 10.5. The van der Waals surface area contributed by atoms with E-state index in [0.29, 0.717) is 18.2 Å². The van der Waals surface area contributed by atoms with Crippen molar-refractivity contribution in [3.63, 3.8) is 0 Å². The Balaban J connectivity index is 1.61. The molecule has 3 aromatic rings. The fraction of sp³-hybridized carbons (Fsp3) is 0.407. The van der Waals surface area contributed by atoms with Gasteiger partial charge in [-0.05, 0) is 61.9 Å². The molecule has 3 atom stereocenters. The third kappa shape index (κ3) is 5.09. The lowest BCUT2D eigenvalue weighted by Gasteiger charge is -2.46. The maximum atomic E-state index is 13.7. The zero-order valence-corrected chi connectivity index (χ0v) is 21.9. The smallest absolute Gasteiger partial charge is 0.253 e. The van der Waals surface area contributed by atoms with Crippen molar-refractivity contribution in [2.75, 3.05) is 17.7 Å². The standard InChI is InChI=1S/C27H33N7O3/c1-6-19(20-8-7-16(2)31-17(20)3)15-23(35)34-24(26(37)33(5)27-30-11-12-32(27)4)21(25(34)36)13-18-9-10-29-22(28)14-18/h7-12,14,19,21,24H,6,13,15H2,1-5H3,(H2,28,29)/t19-,21-,24+/m1/s1. The van der Waals surface area contributed by atoms with Gasteiger partial charge >= 0.3 is 0 Å². The number of carbonyl (C=O) groups excluding carboxylic acids is 3. The molecular formula is C27H33N7O3. The van der Waals surface area contributed by atoms with E-state index in [1.165, 1.54) is 4.90 Å². The molecule has 1 saturated heterocycles.